The highest BCUT2D eigenvalue weighted by molar-refractivity contribution is 6.30. The number of hydrogen-bond donors (Lipinski definition) is 1. The zero-order valence-electron chi connectivity index (χ0n) is 8.60. The van der Waals surface area contributed by atoms with Gasteiger partial charge in [0.2, 0.25) is 0 Å². The molecule has 0 atom stereocenters. The van der Waals surface area contributed by atoms with Crippen LogP contribution in [0.2, 0.25) is 5.02 Å². The topological polar surface area (TPSA) is 46.0 Å². The smallest absolute Gasteiger partial charge is 0.132 e. The second kappa shape index (κ2) is 5.05. The van der Waals surface area contributed by atoms with Crippen molar-refractivity contribution in [1.82, 2.24) is 9.97 Å². The summed E-state index contributed by atoms with van der Waals surface area (Å²) in [4.78, 5) is 8.36. The molecule has 1 N–H and O–H groups in total. The van der Waals surface area contributed by atoms with E-state index < -0.39 is 0 Å². The first kappa shape index (κ1) is 11.0. The van der Waals surface area contributed by atoms with Gasteiger partial charge < -0.3 is 5.11 Å². The van der Waals surface area contributed by atoms with Crippen molar-refractivity contribution in [3.63, 3.8) is 0 Å². The third-order valence-corrected chi connectivity index (χ3v) is 2.41. The molecule has 16 heavy (non-hydrogen) atoms. The van der Waals surface area contributed by atoms with Crippen molar-refractivity contribution >= 4 is 11.6 Å². The number of halogens is 1. The first-order chi connectivity index (χ1) is 7.78. The Balaban J connectivity index is 2.20. The molecule has 0 aliphatic heterocycles. The summed E-state index contributed by atoms with van der Waals surface area (Å²) in [7, 11) is 0. The molecule has 1 aromatic carbocycles. The van der Waals surface area contributed by atoms with Gasteiger partial charge in [0.25, 0.3) is 0 Å². The van der Waals surface area contributed by atoms with Crippen molar-refractivity contribution in [3.05, 3.63) is 58.6 Å². The van der Waals surface area contributed by atoms with Crippen LogP contribution in [0.4, 0.5) is 0 Å². The average molecular weight is 235 g/mol. The van der Waals surface area contributed by atoms with Gasteiger partial charge in [-0.15, -0.1) is 0 Å². The quantitative estimate of drug-likeness (QED) is 0.886. The van der Waals surface area contributed by atoms with Gasteiger partial charge in [-0.05, 0) is 23.8 Å². The van der Waals surface area contributed by atoms with Crippen molar-refractivity contribution in [2.75, 3.05) is 0 Å². The molecule has 0 amide bonds. The van der Waals surface area contributed by atoms with Crippen molar-refractivity contribution in [1.29, 1.82) is 0 Å². The van der Waals surface area contributed by atoms with Crippen molar-refractivity contribution in [2.24, 2.45) is 0 Å². The average Bonchev–Trinajstić information content (AvgIpc) is 2.29. The fraction of sp³-hybridized carbons (Fsp3) is 0.167. The maximum Gasteiger partial charge on any atom is 0.132 e. The van der Waals surface area contributed by atoms with Gasteiger partial charge in [-0.25, -0.2) is 9.97 Å². The van der Waals surface area contributed by atoms with E-state index in [2.05, 4.69) is 9.97 Å². The Kier molecular flexibility index (Phi) is 3.49. The molecular formula is C12H11ClN2O. The zero-order chi connectivity index (χ0) is 11.4. The molecule has 1 aromatic heterocycles. The lowest BCUT2D eigenvalue weighted by atomic mass is 10.1. The summed E-state index contributed by atoms with van der Waals surface area (Å²) in [6, 6.07) is 9.28. The van der Waals surface area contributed by atoms with E-state index in [0.29, 0.717) is 23.0 Å². The zero-order valence-corrected chi connectivity index (χ0v) is 9.35. The van der Waals surface area contributed by atoms with Crippen molar-refractivity contribution in [2.45, 2.75) is 13.0 Å². The highest BCUT2D eigenvalue weighted by Crippen LogP contribution is 2.13. The van der Waals surface area contributed by atoms with Crippen LogP contribution in [0.15, 0.2) is 36.5 Å². The summed E-state index contributed by atoms with van der Waals surface area (Å²) in [6.07, 6.45) is 2.27. The Morgan fingerprint density at radius 2 is 2.12 bits per heavy atom. The highest BCUT2D eigenvalue weighted by atomic mass is 35.5. The minimum atomic E-state index is -0.0644. The summed E-state index contributed by atoms with van der Waals surface area (Å²) < 4.78 is 0. The molecule has 4 heteroatoms. The second-order valence-corrected chi connectivity index (χ2v) is 3.87. The van der Waals surface area contributed by atoms with E-state index in [4.69, 9.17) is 16.7 Å². The molecule has 0 bridgehead atoms. The maximum atomic E-state index is 8.96. The van der Waals surface area contributed by atoms with Gasteiger partial charge in [0.05, 0.1) is 12.3 Å². The van der Waals surface area contributed by atoms with Crippen LogP contribution in [-0.4, -0.2) is 15.1 Å². The number of hydrogen-bond acceptors (Lipinski definition) is 3. The van der Waals surface area contributed by atoms with Gasteiger partial charge in [0.1, 0.15) is 5.82 Å². The van der Waals surface area contributed by atoms with Crippen LogP contribution in [0.5, 0.6) is 0 Å². The van der Waals surface area contributed by atoms with Crippen LogP contribution in [0.1, 0.15) is 17.1 Å². The molecule has 0 saturated heterocycles. The Morgan fingerprint density at radius 3 is 2.88 bits per heavy atom. The molecule has 0 unspecified atom stereocenters. The fourth-order valence-corrected chi connectivity index (χ4v) is 1.66. The molecule has 3 nitrogen and oxygen atoms in total. The van der Waals surface area contributed by atoms with Gasteiger partial charge in [-0.2, -0.15) is 0 Å². The third kappa shape index (κ3) is 2.78. The Hall–Kier alpha value is -1.45. The van der Waals surface area contributed by atoms with Crippen LogP contribution in [0.25, 0.3) is 0 Å². The van der Waals surface area contributed by atoms with Gasteiger partial charge in [-0.1, -0.05) is 23.7 Å². The highest BCUT2D eigenvalue weighted by Gasteiger charge is 2.01. The summed E-state index contributed by atoms with van der Waals surface area (Å²) in [5, 5.41) is 9.67. The van der Waals surface area contributed by atoms with E-state index in [1.165, 1.54) is 0 Å². The summed E-state index contributed by atoms with van der Waals surface area (Å²) in [5.41, 5.74) is 1.69. The molecule has 2 rings (SSSR count). The summed E-state index contributed by atoms with van der Waals surface area (Å²) in [5.74, 6) is 0.689. The van der Waals surface area contributed by atoms with E-state index in [0.717, 1.165) is 5.56 Å². The lowest BCUT2D eigenvalue weighted by molar-refractivity contribution is 0.276. The lowest BCUT2D eigenvalue weighted by Crippen LogP contribution is -1.99. The number of aliphatic hydroxyl groups is 1. The first-order valence-electron chi connectivity index (χ1n) is 4.94. The predicted octanol–water partition coefficient (Wildman–Crippen LogP) is 2.21. The van der Waals surface area contributed by atoms with Gasteiger partial charge >= 0.3 is 0 Å². The fourth-order valence-electron chi connectivity index (χ4n) is 1.44. The number of aromatic nitrogens is 2. The lowest BCUT2D eigenvalue weighted by Gasteiger charge is -2.02. The van der Waals surface area contributed by atoms with Crippen molar-refractivity contribution in [3.8, 4) is 0 Å². The van der Waals surface area contributed by atoms with Crippen LogP contribution < -0.4 is 0 Å². The van der Waals surface area contributed by atoms with E-state index in [-0.39, 0.29) is 6.61 Å². The largest absolute Gasteiger partial charge is 0.390 e. The van der Waals surface area contributed by atoms with E-state index in [9.17, 15) is 0 Å². The van der Waals surface area contributed by atoms with Crippen LogP contribution >= 0.6 is 11.6 Å². The maximum absolute atomic E-state index is 8.96. The Morgan fingerprint density at radius 1 is 1.25 bits per heavy atom. The molecule has 0 aliphatic carbocycles. The molecular weight excluding hydrogens is 224 g/mol. The SMILES string of the molecule is OCc1ccnc(Cc2cccc(Cl)c2)n1. The number of rotatable bonds is 3. The van der Waals surface area contributed by atoms with Gasteiger partial charge in [0.15, 0.2) is 0 Å². The van der Waals surface area contributed by atoms with Crippen molar-refractivity contribution < 1.29 is 5.11 Å². The van der Waals surface area contributed by atoms with E-state index in [1.54, 1.807) is 12.3 Å². The Bertz CT molecular complexity index is 488. The number of nitrogens with zero attached hydrogens (tertiary/aromatic N) is 2. The van der Waals surface area contributed by atoms with E-state index in [1.807, 2.05) is 24.3 Å². The number of aliphatic hydroxyl groups excluding tert-OH is 1. The van der Waals surface area contributed by atoms with Crippen LogP contribution in [0.3, 0.4) is 0 Å². The molecule has 2 aromatic rings. The normalized spacial score (nSPS) is 10.4. The molecule has 0 saturated carbocycles. The van der Waals surface area contributed by atoms with Crippen LogP contribution in [0, 0.1) is 0 Å². The summed E-state index contributed by atoms with van der Waals surface area (Å²) >= 11 is 5.89. The molecule has 82 valence electrons. The molecule has 0 fully saturated rings. The molecule has 1 heterocycles. The molecule has 0 radical (unpaired) electrons. The summed E-state index contributed by atoms with van der Waals surface area (Å²) in [6.45, 7) is -0.0644. The van der Waals surface area contributed by atoms with Gasteiger partial charge in [0, 0.05) is 17.6 Å². The first-order valence-corrected chi connectivity index (χ1v) is 5.32. The second-order valence-electron chi connectivity index (χ2n) is 3.43. The predicted molar refractivity (Wildman–Crippen MR) is 62.2 cm³/mol. The molecule has 0 spiro atoms. The Labute approximate surface area is 98.8 Å². The minimum absolute atomic E-state index is 0.0644. The van der Waals surface area contributed by atoms with Crippen LogP contribution in [-0.2, 0) is 13.0 Å². The monoisotopic (exact) mass is 234 g/mol. The third-order valence-electron chi connectivity index (χ3n) is 2.18. The number of benzene rings is 1. The van der Waals surface area contributed by atoms with E-state index >= 15 is 0 Å². The standard InChI is InChI=1S/C12H11ClN2O/c13-10-3-1-2-9(6-10)7-12-14-5-4-11(8-16)15-12/h1-6,16H,7-8H2. The van der Waals surface area contributed by atoms with Gasteiger partial charge in [-0.3, -0.25) is 0 Å². The molecule has 0 aliphatic rings. The minimum Gasteiger partial charge on any atom is -0.390 e.